The Morgan fingerprint density at radius 2 is 1.76 bits per heavy atom. The quantitative estimate of drug-likeness (QED) is 0.559. The molecule has 2 nitrogen and oxygen atoms in total. The van der Waals surface area contributed by atoms with Crippen molar-refractivity contribution in [3.05, 3.63) is 56.0 Å². The number of imidazole rings is 1. The molecule has 6 heteroatoms. The third-order valence-electron chi connectivity index (χ3n) is 3.43. The molecule has 1 heterocycles. The van der Waals surface area contributed by atoms with E-state index in [4.69, 9.17) is 35.4 Å². The van der Waals surface area contributed by atoms with E-state index in [-0.39, 0.29) is 5.82 Å². The van der Waals surface area contributed by atoms with Crippen molar-refractivity contribution in [1.82, 2.24) is 9.55 Å². The van der Waals surface area contributed by atoms with Gasteiger partial charge in [0.15, 0.2) is 4.77 Å². The number of hydrogen-bond acceptors (Lipinski definition) is 1. The first-order valence-electron chi connectivity index (χ1n) is 6.25. The summed E-state index contributed by atoms with van der Waals surface area (Å²) in [4.78, 5) is 2.99. The summed E-state index contributed by atoms with van der Waals surface area (Å²) in [7, 11) is 0. The molecule has 0 aliphatic rings. The number of halogens is 3. The highest BCUT2D eigenvalue weighted by molar-refractivity contribution is 7.71. The molecule has 0 atom stereocenters. The highest BCUT2D eigenvalue weighted by Crippen LogP contribution is 2.31. The number of aromatic amines is 1. The van der Waals surface area contributed by atoms with E-state index in [1.54, 1.807) is 29.7 Å². The van der Waals surface area contributed by atoms with Gasteiger partial charge in [0, 0.05) is 5.02 Å². The Hall–Kier alpha value is -1.36. The number of aryl methyl sites for hydroxylation is 2. The Morgan fingerprint density at radius 3 is 2.48 bits per heavy atom. The van der Waals surface area contributed by atoms with E-state index in [1.807, 2.05) is 6.92 Å². The fourth-order valence-electron chi connectivity index (χ4n) is 2.28. The van der Waals surface area contributed by atoms with Crippen molar-refractivity contribution in [1.29, 1.82) is 0 Å². The number of fused-ring (bicyclic) bond motifs is 1. The standard InChI is InChI=1S/C15H11Cl2FN2S/c1-7-3-10(17)13(5-9(7)16)20-14-4-8(2)11(18)6-12(14)19-15(20)21/h3-6H,1-2H3,(H,19,21). The normalized spacial score (nSPS) is 11.3. The van der Waals surface area contributed by atoms with Crippen molar-refractivity contribution < 1.29 is 4.39 Å². The first-order chi connectivity index (χ1) is 9.88. The number of aromatic nitrogens is 2. The van der Waals surface area contributed by atoms with Crippen molar-refractivity contribution in [2.24, 2.45) is 0 Å². The molecule has 0 spiro atoms. The second-order valence-corrected chi connectivity index (χ2v) is 6.14. The molecular weight excluding hydrogens is 330 g/mol. The number of nitrogens with zero attached hydrogens (tertiary/aromatic N) is 1. The van der Waals surface area contributed by atoms with Crippen LogP contribution in [0.25, 0.3) is 16.7 Å². The third kappa shape index (κ3) is 2.37. The number of benzene rings is 2. The zero-order valence-electron chi connectivity index (χ0n) is 11.3. The molecule has 0 bridgehead atoms. The first-order valence-corrected chi connectivity index (χ1v) is 7.42. The van der Waals surface area contributed by atoms with Crippen molar-refractivity contribution in [3.63, 3.8) is 0 Å². The number of hydrogen-bond donors (Lipinski definition) is 1. The van der Waals surface area contributed by atoms with E-state index in [9.17, 15) is 4.39 Å². The van der Waals surface area contributed by atoms with Gasteiger partial charge in [0.2, 0.25) is 0 Å². The van der Waals surface area contributed by atoms with Crippen LogP contribution in [0.5, 0.6) is 0 Å². The second-order valence-electron chi connectivity index (χ2n) is 4.94. The maximum absolute atomic E-state index is 13.7. The Bertz CT molecular complexity index is 928. The number of rotatable bonds is 1. The molecule has 108 valence electrons. The van der Waals surface area contributed by atoms with Crippen LogP contribution in [-0.2, 0) is 0 Å². The van der Waals surface area contributed by atoms with Gasteiger partial charge in [-0.3, -0.25) is 4.57 Å². The van der Waals surface area contributed by atoms with Crippen molar-refractivity contribution in [3.8, 4) is 5.69 Å². The van der Waals surface area contributed by atoms with Crippen LogP contribution in [0.15, 0.2) is 24.3 Å². The SMILES string of the molecule is Cc1cc2c(cc1F)[nH]c(=S)n2-c1cc(Cl)c(C)cc1Cl. The largest absolute Gasteiger partial charge is 0.330 e. The molecule has 0 aliphatic heterocycles. The summed E-state index contributed by atoms with van der Waals surface area (Å²) in [5, 5.41) is 1.14. The lowest BCUT2D eigenvalue weighted by Crippen LogP contribution is -1.97. The van der Waals surface area contributed by atoms with Gasteiger partial charge in [0.25, 0.3) is 0 Å². The minimum absolute atomic E-state index is 0.279. The fraction of sp³-hybridized carbons (Fsp3) is 0.133. The third-order valence-corrected chi connectivity index (χ3v) is 4.43. The molecule has 0 aliphatic carbocycles. The van der Waals surface area contributed by atoms with Crippen molar-refractivity contribution in [2.75, 3.05) is 0 Å². The minimum atomic E-state index is -0.279. The predicted octanol–water partition coefficient (Wildman–Crippen LogP) is 5.75. The van der Waals surface area contributed by atoms with Gasteiger partial charge >= 0.3 is 0 Å². The van der Waals surface area contributed by atoms with Gasteiger partial charge in [-0.2, -0.15) is 0 Å². The molecule has 2 aromatic carbocycles. The average molecular weight is 341 g/mol. The zero-order valence-corrected chi connectivity index (χ0v) is 13.6. The van der Waals surface area contributed by atoms with Crippen LogP contribution in [0.4, 0.5) is 4.39 Å². The van der Waals surface area contributed by atoms with Gasteiger partial charge in [-0.25, -0.2) is 4.39 Å². The lowest BCUT2D eigenvalue weighted by molar-refractivity contribution is 0.620. The fourth-order valence-corrected chi connectivity index (χ4v) is 3.05. The maximum Gasteiger partial charge on any atom is 0.182 e. The van der Waals surface area contributed by atoms with Gasteiger partial charge in [0.05, 0.1) is 21.7 Å². The summed E-state index contributed by atoms with van der Waals surface area (Å²) in [6.45, 7) is 3.59. The van der Waals surface area contributed by atoms with Crippen LogP contribution in [0.1, 0.15) is 11.1 Å². The van der Waals surface area contributed by atoms with Crippen LogP contribution in [0.3, 0.4) is 0 Å². The monoisotopic (exact) mass is 340 g/mol. The van der Waals surface area contributed by atoms with Gasteiger partial charge in [0.1, 0.15) is 5.82 Å². The van der Waals surface area contributed by atoms with Gasteiger partial charge in [-0.05, 0) is 61.5 Å². The van der Waals surface area contributed by atoms with E-state index in [0.29, 0.717) is 31.6 Å². The van der Waals surface area contributed by atoms with Crippen molar-refractivity contribution >= 4 is 46.5 Å². The van der Waals surface area contributed by atoms with E-state index in [2.05, 4.69) is 4.98 Å². The first kappa shape index (κ1) is 14.6. The van der Waals surface area contributed by atoms with Gasteiger partial charge < -0.3 is 4.98 Å². The summed E-state index contributed by atoms with van der Waals surface area (Å²) in [6.07, 6.45) is 0. The molecule has 0 radical (unpaired) electrons. The van der Waals surface area contributed by atoms with Crippen LogP contribution in [-0.4, -0.2) is 9.55 Å². The molecule has 0 saturated heterocycles. The smallest absolute Gasteiger partial charge is 0.182 e. The highest BCUT2D eigenvalue weighted by Gasteiger charge is 2.13. The number of nitrogens with one attached hydrogen (secondary N) is 1. The second kappa shape index (κ2) is 5.13. The summed E-state index contributed by atoms with van der Waals surface area (Å²) >= 11 is 17.8. The average Bonchev–Trinajstić information content (AvgIpc) is 2.70. The van der Waals surface area contributed by atoms with Gasteiger partial charge in [-0.15, -0.1) is 0 Å². The molecule has 0 amide bonds. The lowest BCUT2D eigenvalue weighted by Gasteiger charge is -2.10. The summed E-state index contributed by atoms with van der Waals surface area (Å²) < 4.78 is 15.9. The topological polar surface area (TPSA) is 20.7 Å². The van der Waals surface area contributed by atoms with Gasteiger partial charge in [-0.1, -0.05) is 23.2 Å². The Balaban J connectivity index is 2.40. The molecule has 21 heavy (non-hydrogen) atoms. The van der Waals surface area contributed by atoms with Crippen LogP contribution >= 0.6 is 35.4 Å². The predicted molar refractivity (Wildman–Crippen MR) is 87.9 cm³/mol. The highest BCUT2D eigenvalue weighted by atomic mass is 35.5. The van der Waals surface area contributed by atoms with E-state index >= 15 is 0 Å². The van der Waals surface area contributed by atoms with E-state index in [1.165, 1.54) is 6.07 Å². The van der Waals surface area contributed by atoms with Crippen LogP contribution in [0, 0.1) is 24.4 Å². The molecule has 3 rings (SSSR count). The summed E-state index contributed by atoms with van der Waals surface area (Å²) in [5.41, 5.74) is 3.49. The Labute approximate surface area is 136 Å². The van der Waals surface area contributed by atoms with Crippen LogP contribution < -0.4 is 0 Å². The van der Waals surface area contributed by atoms with Crippen molar-refractivity contribution in [2.45, 2.75) is 13.8 Å². The molecule has 3 aromatic rings. The number of H-pyrrole nitrogens is 1. The van der Waals surface area contributed by atoms with E-state index < -0.39 is 0 Å². The Kier molecular flexibility index (Phi) is 3.56. The molecular formula is C15H11Cl2FN2S. The zero-order chi connectivity index (χ0) is 15.3. The summed E-state index contributed by atoms with van der Waals surface area (Å²) in [5.74, 6) is -0.279. The molecule has 0 fully saturated rings. The summed E-state index contributed by atoms with van der Waals surface area (Å²) in [6, 6.07) is 6.72. The molecule has 1 N–H and O–H groups in total. The van der Waals surface area contributed by atoms with E-state index in [0.717, 1.165) is 11.1 Å². The Morgan fingerprint density at radius 1 is 1.05 bits per heavy atom. The molecule has 0 saturated carbocycles. The molecule has 0 unspecified atom stereocenters. The maximum atomic E-state index is 13.7. The lowest BCUT2D eigenvalue weighted by atomic mass is 10.2. The minimum Gasteiger partial charge on any atom is -0.330 e. The van der Waals surface area contributed by atoms with Crippen LogP contribution in [0.2, 0.25) is 10.0 Å². The molecule has 1 aromatic heterocycles.